The van der Waals surface area contributed by atoms with E-state index in [1.54, 1.807) is 36.7 Å². The number of nitrogens with zero attached hydrogens (tertiary/aromatic N) is 2. The number of imide groups is 1. The van der Waals surface area contributed by atoms with Gasteiger partial charge in [0, 0.05) is 35.1 Å². The molecule has 0 aliphatic carbocycles. The summed E-state index contributed by atoms with van der Waals surface area (Å²) in [5.41, 5.74) is 1.85. The highest BCUT2D eigenvalue weighted by molar-refractivity contribution is 7.11. The Morgan fingerprint density at radius 1 is 0.969 bits per heavy atom. The van der Waals surface area contributed by atoms with Crippen LogP contribution in [0, 0.1) is 0 Å². The summed E-state index contributed by atoms with van der Waals surface area (Å²) in [4.78, 5) is 32.6. The molecule has 0 spiro atoms. The van der Waals surface area contributed by atoms with Gasteiger partial charge in [-0.3, -0.25) is 19.5 Å². The van der Waals surface area contributed by atoms with Crippen molar-refractivity contribution in [3.8, 4) is 17.2 Å². The second-order valence-electron chi connectivity index (χ2n) is 6.82. The van der Waals surface area contributed by atoms with Crippen LogP contribution in [0.15, 0.2) is 59.9 Å². The molecule has 0 unspecified atom stereocenters. The van der Waals surface area contributed by atoms with Crippen LogP contribution in [0.4, 0.5) is 5.69 Å². The van der Waals surface area contributed by atoms with Crippen LogP contribution in [0.25, 0.3) is 5.57 Å². The number of nitrogens with one attached hydrogen (secondary N) is 1. The van der Waals surface area contributed by atoms with Crippen LogP contribution >= 0.6 is 11.3 Å². The predicted octanol–water partition coefficient (Wildman–Crippen LogP) is 3.56. The van der Waals surface area contributed by atoms with E-state index in [0.29, 0.717) is 33.4 Å². The first-order valence-corrected chi connectivity index (χ1v) is 10.6. The Hall–Kier alpha value is -3.85. The van der Waals surface area contributed by atoms with Crippen molar-refractivity contribution in [3.63, 3.8) is 0 Å². The van der Waals surface area contributed by atoms with Gasteiger partial charge >= 0.3 is 0 Å². The Morgan fingerprint density at radius 2 is 1.66 bits per heavy atom. The highest BCUT2D eigenvalue weighted by atomic mass is 32.1. The van der Waals surface area contributed by atoms with E-state index in [4.69, 9.17) is 14.2 Å². The molecule has 2 amide bonds. The molecule has 0 fully saturated rings. The molecule has 164 valence electrons. The Kier molecular flexibility index (Phi) is 6.09. The lowest BCUT2D eigenvalue weighted by molar-refractivity contribution is -0.137. The summed E-state index contributed by atoms with van der Waals surface area (Å²) in [7, 11) is 4.54. The zero-order chi connectivity index (χ0) is 22.7. The number of carbonyl (C=O) groups is 2. The molecule has 1 aromatic carbocycles. The second kappa shape index (κ2) is 9.11. The number of benzene rings is 1. The largest absolute Gasteiger partial charge is 0.493 e. The summed E-state index contributed by atoms with van der Waals surface area (Å²) < 4.78 is 16.2. The van der Waals surface area contributed by atoms with Gasteiger partial charge in [-0.15, -0.1) is 11.3 Å². The zero-order valence-corrected chi connectivity index (χ0v) is 18.6. The fourth-order valence-electron chi connectivity index (χ4n) is 3.45. The maximum Gasteiger partial charge on any atom is 0.278 e. The summed E-state index contributed by atoms with van der Waals surface area (Å²) in [6.07, 6.45) is 3.26. The van der Waals surface area contributed by atoms with Crippen molar-refractivity contribution in [2.24, 2.45) is 0 Å². The van der Waals surface area contributed by atoms with E-state index in [1.807, 2.05) is 17.5 Å². The van der Waals surface area contributed by atoms with Crippen molar-refractivity contribution >= 4 is 34.4 Å². The minimum atomic E-state index is -0.413. The molecule has 1 N–H and O–H groups in total. The molecule has 0 saturated carbocycles. The second-order valence-corrected chi connectivity index (χ2v) is 7.77. The molecule has 1 aliphatic rings. The van der Waals surface area contributed by atoms with E-state index in [-0.39, 0.29) is 18.1 Å². The van der Waals surface area contributed by atoms with Gasteiger partial charge in [-0.1, -0.05) is 6.07 Å². The molecule has 2 aromatic heterocycles. The third-order valence-electron chi connectivity index (χ3n) is 4.96. The summed E-state index contributed by atoms with van der Waals surface area (Å²) in [5.74, 6) is 0.519. The predicted molar refractivity (Wildman–Crippen MR) is 121 cm³/mol. The first-order chi connectivity index (χ1) is 15.6. The lowest BCUT2D eigenvalue weighted by Gasteiger charge is -2.17. The van der Waals surface area contributed by atoms with Gasteiger partial charge in [0.25, 0.3) is 11.8 Å². The van der Waals surface area contributed by atoms with E-state index >= 15 is 0 Å². The number of methoxy groups -OCH3 is 3. The van der Waals surface area contributed by atoms with Crippen LogP contribution in [-0.4, -0.2) is 43.0 Å². The van der Waals surface area contributed by atoms with Crippen LogP contribution < -0.4 is 19.5 Å². The van der Waals surface area contributed by atoms with Crippen molar-refractivity contribution in [1.82, 2.24) is 9.88 Å². The van der Waals surface area contributed by atoms with E-state index < -0.39 is 5.91 Å². The maximum absolute atomic E-state index is 13.3. The molecule has 3 aromatic rings. The molecule has 0 bridgehead atoms. The molecule has 0 saturated heterocycles. The third kappa shape index (κ3) is 3.90. The lowest BCUT2D eigenvalue weighted by Crippen LogP contribution is -2.31. The summed E-state index contributed by atoms with van der Waals surface area (Å²) in [6, 6.07) is 10.6. The van der Waals surface area contributed by atoms with Crippen LogP contribution in [0.1, 0.15) is 10.4 Å². The van der Waals surface area contributed by atoms with E-state index in [2.05, 4.69) is 10.3 Å². The normalized spacial score (nSPS) is 13.5. The smallest absolute Gasteiger partial charge is 0.278 e. The van der Waals surface area contributed by atoms with Gasteiger partial charge in [0.2, 0.25) is 5.75 Å². The fourth-order valence-corrected chi connectivity index (χ4v) is 4.22. The molecule has 8 nitrogen and oxygen atoms in total. The number of ether oxygens (including phenoxy) is 3. The van der Waals surface area contributed by atoms with Crippen molar-refractivity contribution in [1.29, 1.82) is 0 Å². The monoisotopic (exact) mass is 451 g/mol. The maximum atomic E-state index is 13.3. The number of pyridine rings is 1. The number of aromatic nitrogens is 1. The fraction of sp³-hybridized carbons (Fsp3) is 0.174. The van der Waals surface area contributed by atoms with E-state index in [1.165, 1.54) is 37.6 Å². The molecule has 0 atom stereocenters. The van der Waals surface area contributed by atoms with Crippen LogP contribution in [-0.2, 0) is 16.1 Å². The van der Waals surface area contributed by atoms with Crippen molar-refractivity contribution in [2.45, 2.75) is 6.54 Å². The third-order valence-corrected chi connectivity index (χ3v) is 5.85. The molecular weight excluding hydrogens is 430 g/mol. The molecule has 9 heteroatoms. The SMILES string of the molecule is COc1cc(NC2=C(c3cccs3)C(=O)N(Cc3ccncc3)C2=O)cc(OC)c1OC. The number of amides is 2. The Bertz CT molecular complexity index is 1150. The number of rotatable bonds is 8. The van der Waals surface area contributed by atoms with Gasteiger partial charge in [0.05, 0.1) is 33.4 Å². The molecule has 0 radical (unpaired) electrons. The molecule has 3 heterocycles. The summed E-state index contributed by atoms with van der Waals surface area (Å²) in [5, 5.41) is 4.99. The number of thiophene rings is 1. The van der Waals surface area contributed by atoms with Crippen molar-refractivity contribution in [2.75, 3.05) is 26.6 Å². The minimum absolute atomic E-state index is 0.148. The van der Waals surface area contributed by atoms with Crippen molar-refractivity contribution in [3.05, 3.63) is 70.3 Å². The first-order valence-electron chi connectivity index (χ1n) is 9.67. The van der Waals surface area contributed by atoms with Crippen LogP contribution in [0.3, 0.4) is 0 Å². The number of carbonyl (C=O) groups excluding carboxylic acids is 2. The molecular formula is C23H21N3O5S. The van der Waals surface area contributed by atoms with E-state index in [0.717, 1.165) is 5.56 Å². The Morgan fingerprint density at radius 3 is 2.22 bits per heavy atom. The molecule has 1 aliphatic heterocycles. The number of anilines is 1. The topological polar surface area (TPSA) is 90.0 Å². The Labute approximate surface area is 189 Å². The summed E-state index contributed by atoms with van der Waals surface area (Å²) in [6.45, 7) is 0.148. The highest BCUT2D eigenvalue weighted by Crippen LogP contribution is 2.41. The van der Waals surface area contributed by atoms with Gasteiger partial charge in [0.15, 0.2) is 11.5 Å². The van der Waals surface area contributed by atoms with Gasteiger partial charge in [-0.2, -0.15) is 0 Å². The van der Waals surface area contributed by atoms with Crippen molar-refractivity contribution < 1.29 is 23.8 Å². The van der Waals surface area contributed by atoms with Crippen LogP contribution in [0.5, 0.6) is 17.2 Å². The first kappa shape index (κ1) is 21.4. The highest BCUT2D eigenvalue weighted by Gasteiger charge is 2.39. The number of hydrogen-bond acceptors (Lipinski definition) is 8. The summed E-state index contributed by atoms with van der Waals surface area (Å²) >= 11 is 1.39. The average molecular weight is 452 g/mol. The minimum Gasteiger partial charge on any atom is -0.493 e. The molecule has 32 heavy (non-hydrogen) atoms. The van der Waals surface area contributed by atoms with Crippen LogP contribution in [0.2, 0.25) is 0 Å². The average Bonchev–Trinajstić information content (AvgIpc) is 3.42. The quantitative estimate of drug-likeness (QED) is 0.524. The standard InChI is InChI=1S/C23H21N3O5S/c1-29-16-11-15(12-17(30-2)21(16)31-3)25-20-19(18-5-4-10-32-18)22(27)26(23(20)28)13-14-6-8-24-9-7-14/h4-12,25H,13H2,1-3H3. The van der Waals surface area contributed by atoms with Gasteiger partial charge in [-0.25, -0.2) is 0 Å². The number of hydrogen-bond donors (Lipinski definition) is 1. The Balaban J connectivity index is 1.74. The lowest BCUT2D eigenvalue weighted by atomic mass is 10.1. The van der Waals surface area contributed by atoms with Gasteiger partial charge in [0.1, 0.15) is 5.70 Å². The van der Waals surface area contributed by atoms with E-state index in [9.17, 15) is 9.59 Å². The van der Waals surface area contributed by atoms with Gasteiger partial charge < -0.3 is 19.5 Å². The van der Waals surface area contributed by atoms with Gasteiger partial charge in [-0.05, 0) is 29.1 Å². The molecule has 4 rings (SSSR count). The zero-order valence-electron chi connectivity index (χ0n) is 17.7.